The van der Waals surface area contributed by atoms with Crippen molar-refractivity contribution in [2.75, 3.05) is 98.2 Å². The van der Waals surface area contributed by atoms with Crippen LogP contribution in [0.2, 0.25) is 0 Å². The van der Waals surface area contributed by atoms with Gasteiger partial charge in [-0.05, 0) is 141 Å². The first kappa shape index (κ1) is 48.5. The second-order valence-electron chi connectivity index (χ2n) is 15.2. The van der Waals surface area contributed by atoms with Gasteiger partial charge < -0.3 is 37.2 Å². The van der Waals surface area contributed by atoms with E-state index < -0.39 is 12.7 Å². The molecule has 0 aromatic carbocycles. The molecule has 0 saturated carbocycles. The second-order valence-corrected chi connectivity index (χ2v) is 15.2. The molecule has 296 valence electrons. The van der Waals surface area contributed by atoms with Crippen molar-refractivity contribution in [2.45, 2.75) is 131 Å². The lowest BCUT2D eigenvalue weighted by molar-refractivity contribution is -0.124. The Morgan fingerprint density at radius 2 is 0.939 bits per heavy atom. The van der Waals surface area contributed by atoms with Crippen LogP contribution in [0, 0.1) is 17.3 Å². The first-order valence-electron chi connectivity index (χ1n) is 20.2. The molecule has 0 aromatic rings. The molecule has 0 aliphatic carbocycles. The van der Waals surface area contributed by atoms with Gasteiger partial charge in [-0.15, -0.1) is 0 Å². The van der Waals surface area contributed by atoms with Crippen molar-refractivity contribution in [2.24, 2.45) is 17.3 Å². The van der Waals surface area contributed by atoms with Gasteiger partial charge in [0.25, 0.3) is 0 Å². The summed E-state index contributed by atoms with van der Waals surface area (Å²) in [6, 6.07) is 0. The standard InChI is InChI=1S/C38H83F3N8/c1-8-34(9-2)31-46-25-14-22-42-20-13-24-45-28-17-36(48-32-35(10-3)11-4)49(30-18-37(5,6)7)29-16-27-44-21-12-19-43-23-15-26-47-33-38(39,40)41/h34-36,42-48H,8-33H2,1-7H3. The minimum absolute atomic E-state index is 0.298. The zero-order valence-electron chi connectivity index (χ0n) is 33.2. The van der Waals surface area contributed by atoms with Crippen molar-refractivity contribution < 1.29 is 13.2 Å². The summed E-state index contributed by atoms with van der Waals surface area (Å²) < 4.78 is 36.6. The number of hydrogen-bond acceptors (Lipinski definition) is 8. The van der Waals surface area contributed by atoms with Crippen molar-refractivity contribution in [1.82, 2.24) is 42.1 Å². The average molecular weight is 709 g/mol. The van der Waals surface area contributed by atoms with Gasteiger partial charge in [0.1, 0.15) is 0 Å². The van der Waals surface area contributed by atoms with Gasteiger partial charge >= 0.3 is 6.18 Å². The summed E-state index contributed by atoms with van der Waals surface area (Å²) in [6.07, 6.45) is 8.63. The van der Waals surface area contributed by atoms with Crippen LogP contribution >= 0.6 is 0 Å². The quantitative estimate of drug-likeness (QED) is 0.0318. The van der Waals surface area contributed by atoms with Crippen LogP contribution in [0.15, 0.2) is 0 Å². The molecule has 0 rings (SSSR count). The highest BCUT2D eigenvalue weighted by Gasteiger charge is 2.26. The molecule has 0 bridgehead atoms. The van der Waals surface area contributed by atoms with E-state index in [2.05, 4.69) is 90.6 Å². The third-order valence-electron chi connectivity index (χ3n) is 9.52. The SMILES string of the molecule is CCC(CC)CNCCCNCCCNCCC(NCC(CC)CC)N(CCCNCCCNCCCNCC(F)(F)F)CCC(C)(C)C. The molecule has 1 unspecified atom stereocenters. The zero-order chi connectivity index (χ0) is 36.6. The predicted molar refractivity (Wildman–Crippen MR) is 207 cm³/mol. The summed E-state index contributed by atoms with van der Waals surface area (Å²) in [5, 5.41) is 24.3. The van der Waals surface area contributed by atoms with Crippen LogP contribution in [0.4, 0.5) is 13.2 Å². The lowest BCUT2D eigenvalue weighted by atomic mass is 9.92. The summed E-state index contributed by atoms with van der Waals surface area (Å²) in [6.45, 7) is 29.0. The summed E-state index contributed by atoms with van der Waals surface area (Å²) in [5.41, 5.74) is 0.298. The van der Waals surface area contributed by atoms with Crippen LogP contribution in [0.3, 0.4) is 0 Å². The van der Waals surface area contributed by atoms with Gasteiger partial charge in [0.05, 0.1) is 12.7 Å². The molecule has 0 heterocycles. The van der Waals surface area contributed by atoms with E-state index in [1.54, 1.807) is 0 Å². The summed E-state index contributed by atoms with van der Waals surface area (Å²) in [5.74, 6) is 1.53. The van der Waals surface area contributed by atoms with Gasteiger partial charge in [-0.1, -0.05) is 74.1 Å². The summed E-state index contributed by atoms with van der Waals surface area (Å²) in [4.78, 5) is 2.70. The topological polar surface area (TPSA) is 87.5 Å². The Balaban J connectivity index is 4.51. The number of alkyl halides is 3. The molecule has 11 heteroatoms. The first-order chi connectivity index (χ1) is 23.5. The highest BCUT2D eigenvalue weighted by Crippen LogP contribution is 2.20. The molecule has 0 spiro atoms. The Labute approximate surface area is 301 Å². The second kappa shape index (κ2) is 32.1. The Kier molecular flexibility index (Phi) is 31.8. The monoisotopic (exact) mass is 709 g/mol. The van der Waals surface area contributed by atoms with Crippen molar-refractivity contribution in [3.8, 4) is 0 Å². The van der Waals surface area contributed by atoms with Gasteiger partial charge in [0, 0.05) is 13.1 Å². The number of hydrogen-bond donors (Lipinski definition) is 7. The van der Waals surface area contributed by atoms with E-state index in [0.717, 1.165) is 117 Å². The Hall–Kier alpha value is -0.530. The van der Waals surface area contributed by atoms with Gasteiger partial charge in [-0.25, -0.2) is 0 Å². The molecule has 0 aliphatic rings. The Bertz CT molecular complexity index is 685. The van der Waals surface area contributed by atoms with E-state index in [1.165, 1.54) is 38.5 Å². The largest absolute Gasteiger partial charge is 0.401 e. The molecule has 0 radical (unpaired) electrons. The maximum absolute atomic E-state index is 12.2. The number of halogens is 3. The lowest BCUT2D eigenvalue weighted by Crippen LogP contribution is -2.50. The van der Waals surface area contributed by atoms with E-state index in [0.29, 0.717) is 30.5 Å². The van der Waals surface area contributed by atoms with E-state index in [9.17, 15) is 13.2 Å². The van der Waals surface area contributed by atoms with Crippen molar-refractivity contribution in [1.29, 1.82) is 0 Å². The maximum atomic E-state index is 12.2. The fraction of sp³-hybridized carbons (Fsp3) is 1.00. The van der Waals surface area contributed by atoms with E-state index in [1.807, 2.05) is 0 Å². The van der Waals surface area contributed by atoms with E-state index in [4.69, 9.17) is 0 Å². The molecular weight excluding hydrogens is 625 g/mol. The minimum Gasteiger partial charge on any atom is -0.317 e. The van der Waals surface area contributed by atoms with Crippen molar-refractivity contribution in [3.63, 3.8) is 0 Å². The van der Waals surface area contributed by atoms with Gasteiger partial charge in [-0.2, -0.15) is 13.2 Å². The van der Waals surface area contributed by atoms with Crippen LogP contribution < -0.4 is 37.2 Å². The van der Waals surface area contributed by atoms with Crippen LogP contribution in [-0.2, 0) is 0 Å². The normalized spacial score (nSPS) is 13.4. The number of nitrogens with one attached hydrogen (secondary N) is 7. The molecular formula is C38H83F3N8. The number of rotatable bonds is 36. The summed E-state index contributed by atoms with van der Waals surface area (Å²) in [7, 11) is 0. The molecule has 0 aromatic heterocycles. The molecule has 8 nitrogen and oxygen atoms in total. The van der Waals surface area contributed by atoms with Crippen molar-refractivity contribution >= 4 is 0 Å². The van der Waals surface area contributed by atoms with Crippen LogP contribution in [0.25, 0.3) is 0 Å². The average Bonchev–Trinajstić information content (AvgIpc) is 3.05. The number of nitrogens with zero attached hydrogens (tertiary/aromatic N) is 1. The first-order valence-corrected chi connectivity index (χ1v) is 20.2. The van der Waals surface area contributed by atoms with E-state index in [-0.39, 0.29) is 0 Å². The van der Waals surface area contributed by atoms with Gasteiger partial charge in [0.15, 0.2) is 0 Å². The summed E-state index contributed by atoms with van der Waals surface area (Å²) >= 11 is 0. The Morgan fingerprint density at radius 1 is 0.510 bits per heavy atom. The molecule has 0 fully saturated rings. The Morgan fingerprint density at radius 3 is 1.41 bits per heavy atom. The van der Waals surface area contributed by atoms with Crippen molar-refractivity contribution in [3.05, 3.63) is 0 Å². The fourth-order valence-corrected chi connectivity index (χ4v) is 5.81. The molecule has 49 heavy (non-hydrogen) atoms. The van der Waals surface area contributed by atoms with Gasteiger partial charge in [0.2, 0.25) is 0 Å². The maximum Gasteiger partial charge on any atom is 0.401 e. The third-order valence-corrected chi connectivity index (χ3v) is 9.52. The van der Waals surface area contributed by atoms with Crippen LogP contribution in [0.5, 0.6) is 0 Å². The molecule has 0 aliphatic heterocycles. The van der Waals surface area contributed by atoms with Crippen LogP contribution in [-0.4, -0.2) is 115 Å². The molecule has 0 amide bonds. The smallest absolute Gasteiger partial charge is 0.317 e. The van der Waals surface area contributed by atoms with E-state index >= 15 is 0 Å². The van der Waals surface area contributed by atoms with Crippen LogP contribution in [0.1, 0.15) is 119 Å². The molecule has 1 atom stereocenters. The highest BCUT2D eigenvalue weighted by atomic mass is 19.4. The fourth-order valence-electron chi connectivity index (χ4n) is 5.81. The lowest BCUT2D eigenvalue weighted by Gasteiger charge is -2.35. The molecule has 7 N–H and O–H groups in total. The highest BCUT2D eigenvalue weighted by molar-refractivity contribution is 4.76. The van der Waals surface area contributed by atoms with Gasteiger partial charge in [-0.3, -0.25) is 4.90 Å². The molecule has 0 saturated heterocycles. The third kappa shape index (κ3) is 33.1. The predicted octanol–water partition coefficient (Wildman–Crippen LogP) is 5.95. The minimum atomic E-state index is -4.13. The zero-order valence-corrected chi connectivity index (χ0v) is 33.2.